The average Bonchev–Trinajstić information content (AvgIpc) is 3.54. The van der Waals surface area contributed by atoms with E-state index in [0.29, 0.717) is 17.8 Å². The lowest BCUT2D eigenvalue weighted by molar-refractivity contribution is -0.659. The van der Waals surface area contributed by atoms with Crippen molar-refractivity contribution in [1.29, 1.82) is 0 Å². The van der Waals surface area contributed by atoms with Crippen molar-refractivity contribution in [1.82, 2.24) is 0 Å². The predicted octanol–water partition coefficient (Wildman–Crippen LogP) is 9.35. The average molecular weight is 469 g/mol. The SMILES string of the molecule is Cc1c(-c2c3ccc(C(C(C)C)C(C)C)cc3cc[n+]2C)cc(C2CCCC2)cc1C1CCCC1. The number of aryl methyl sites for hydroxylation is 1. The molecule has 1 nitrogen and oxygen atoms in total. The first-order valence-electron chi connectivity index (χ1n) is 14.4. The maximum absolute atomic E-state index is 2.63. The Hall–Kier alpha value is -2.15. The molecule has 1 aromatic heterocycles. The van der Waals surface area contributed by atoms with Crippen LogP contribution in [0.5, 0.6) is 0 Å². The van der Waals surface area contributed by atoms with Crippen LogP contribution in [0.4, 0.5) is 0 Å². The van der Waals surface area contributed by atoms with Crippen LogP contribution in [0.15, 0.2) is 42.6 Å². The molecular weight excluding hydrogens is 422 g/mol. The van der Waals surface area contributed by atoms with Crippen molar-refractivity contribution >= 4 is 10.8 Å². The summed E-state index contributed by atoms with van der Waals surface area (Å²) in [4.78, 5) is 0. The van der Waals surface area contributed by atoms with Gasteiger partial charge in [-0.15, -0.1) is 0 Å². The normalized spacial score (nSPS) is 17.6. The molecule has 3 aromatic rings. The zero-order valence-corrected chi connectivity index (χ0v) is 23.0. The highest BCUT2D eigenvalue weighted by atomic mass is 14.9. The summed E-state index contributed by atoms with van der Waals surface area (Å²) in [6.45, 7) is 11.9. The minimum atomic E-state index is 0.596. The van der Waals surface area contributed by atoms with Gasteiger partial charge in [-0.2, -0.15) is 0 Å². The zero-order chi connectivity index (χ0) is 24.7. The Morgan fingerprint density at radius 1 is 0.771 bits per heavy atom. The van der Waals surface area contributed by atoms with Crippen molar-refractivity contribution in [2.75, 3.05) is 0 Å². The lowest BCUT2D eigenvalue weighted by atomic mass is 9.79. The van der Waals surface area contributed by atoms with Gasteiger partial charge in [0.2, 0.25) is 5.69 Å². The molecule has 2 aliphatic rings. The van der Waals surface area contributed by atoms with E-state index in [9.17, 15) is 0 Å². The molecule has 2 aliphatic carbocycles. The first kappa shape index (κ1) is 24.5. The van der Waals surface area contributed by atoms with Crippen LogP contribution in [0.25, 0.3) is 22.0 Å². The van der Waals surface area contributed by atoms with Gasteiger partial charge >= 0.3 is 0 Å². The number of nitrogens with zero attached hydrogens (tertiary/aromatic N) is 1. The van der Waals surface area contributed by atoms with E-state index in [1.54, 1.807) is 11.1 Å². The molecule has 1 heteroatoms. The van der Waals surface area contributed by atoms with Crippen molar-refractivity contribution in [3.05, 3.63) is 64.8 Å². The number of pyridine rings is 1. The molecule has 0 unspecified atom stereocenters. The molecule has 0 aliphatic heterocycles. The zero-order valence-electron chi connectivity index (χ0n) is 23.0. The molecule has 0 radical (unpaired) electrons. The van der Waals surface area contributed by atoms with Crippen LogP contribution in [0.2, 0.25) is 0 Å². The molecule has 0 spiro atoms. The molecule has 186 valence electrons. The van der Waals surface area contributed by atoms with E-state index in [1.807, 2.05) is 0 Å². The largest absolute Gasteiger partial charge is 0.220 e. The molecule has 0 bridgehead atoms. The third-order valence-corrected chi connectivity index (χ3v) is 9.33. The van der Waals surface area contributed by atoms with E-state index in [0.717, 1.165) is 11.8 Å². The first-order valence-corrected chi connectivity index (χ1v) is 14.4. The lowest BCUT2D eigenvalue weighted by Gasteiger charge is -2.26. The fourth-order valence-electron chi connectivity index (χ4n) is 7.63. The molecule has 2 aromatic carbocycles. The number of hydrogen-bond donors (Lipinski definition) is 0. The Bertz CT molecular complexity index is 1180. The van der Waals surface area contributed by atoms with Gasteiger partial charge in [-0.25, -0.2) is 4.57 Å². The Labute approximate surface area is 214 Å². The third kappa shape index (κ3) is 4.68. The van der Waals surface area contributed by atoms with Gasteiger partial charge in [0.15, 0.2) is 6.20 Å². The monoisotopic (exact) mass is 468 g/mol. The van der Waals surface area contributed by atoms with Crippen LogP contribution in [0.3, 0.4) is 0 Å². The van der Waals surface area contributed by atoms with Crippen LogP contribution in [0, 0.1) is 18.8 Å². The van der Waals surface area contributed by atoms with E-state index in [4.69, 9.17) is 0 Å². The summed E-state index contributed by atoms with van der Waals surface area (Å²) in [5.74, 6) is 3.38. The van der Waals surface area contributed by atoms with Crippen LogP contribution in [0.1, 0.15) is 119 Å². The molecule has 0 N–H and O–H groups in total. The summed E-state index contributed by atoms with van der Waals surface area (Å²) < 4.78 is 2.38. The first-order chi connectivity index (χ1) is 16.8. The Morgan fingerprint density at radius 2 is 1.40 bits per heavy atom. The van der Waals surface area contributed by atoms with Crippen LogP contribution < -0.4 is 4.57 Å². The number of hydrogen-bond acceptors (Lipinski definition) is 0. The topological polar surface area (TPSA) is 3.88 Å². The minimum Gasteiger partial charge on any atom is -0.200 e. The van der Waals surface area contributed by atoms with Crippen LogP contribution >= 0.6 is 0 Å². The predicted molar refractivity (Wildman–Crippen MR) is 150 cm³/mol. The lowest BCUT2D eigenvalue weighted by Crippen LogP contribution is -2.31. The molecule has 2 fully saturated rings. The smallest absolute Gasteiger partial charge is 0.200 e. The van der Waals surface area contributed by atoms with Crippen LogP contribution in [-0.4, -0.2) is 0 Å². The summed E-state index contributed by atoms with van der Waals surface area (Å²) in [6.07, 6.45) is 13.3. The fourth-order valence-corrected chi connectivity index (χ4v) is 7.63. The second-order valence-corrected chi connectivity index (χ2v) is 12.4. The van der Waals surface area contributed by atoms with Crippen LogP contribution in [-0.2, 0) is 7.05 Å². The van der Waals surface area contributed by atoms with Crippen molar-refractivity contribution < 1.29 is 4.57 Å². The van der Waals surface area contributed by atoms with Crippen molar-refractivity contribution in [2.24, 2.45) is 18.9 Å². The van der Waals surface area contributed by atoms with Gasteiger partial charge in [0.25, 0.3) is 0 Å². The molecule has 1 heterocycles. The summed E-state index contributed by atoms with van der Waals surface area (Å²) in [5.41, 5.74) is 9.14. The highest BCUT2D eigenvalue weighted by molar-refractivity contribution is 5.94. The number of fused-ring (bicyclic) bond motifs is 1. The van der Waals surface area contributed by atoms with Gasteiger partial charge < -0.3 is 0 Å². The summed E-state index contributed by atoms with van der Waals surface area (Å²) in [7, 11) is 2.24. The van der Waals surface area contributed by atoms with E-state index in [-0.39, 0.29) is 0 Å². The number of aromatic nitrogens is 1. The summed E-state index contributed by atoms with van der Waals surface area (Å²) >= 11 is 0. The van der Waals surface area contributed by atoms with Gasteiger partial charge in [-0.3, -0.25) is 0 Å². The van der Waals surface area contributed by atoms with Gasteiger partial charge in [0.1, 0.15) is 7.05 Å². The van der Waals surface area contributed by atoms with Gasteiger partial charge in [-0.1, -0.05) is 71.6 Å². The second-order valence-electron chi connectivity index (χ2n) is 12.4. The van der Waals surface area contributed by atoms with Crippen molar-refractivity contribution in [3.63, 3.8) is 0 Å². The maximum Gasteiger partial charge on any atom is 0.220 e. The second kappa shape index (κ2) is 10.1. The Morgan fingerprint density at radius 3 is 2.03 bits per heavy atom. The molecule has 0 atom stereocenters. The Kier molecular flexibility index (Phi) is 7.06. The van der Waals surface area contributed by atoms with Crippen molar-refractivity contribution in [2.45, 2.75) is 104 Å². The van der Waals surface area contributed by atoms with Crippen molar-refractivity contribution in [3.8, 4) is 11.3 Å². The molecule has 35 heavy (non-hydrogen) atoms. The Balaban J connectivity index is 1.69. The summed E-state index contributed by atoms with van der Waals surface area (Å²) in [5, 5.41) is 2.78. The minimum absolute atomic E-state index is 0.596. The van der Waals surface area contributed by atoms with Gasteiger partial charge in [0, 0.05) is 6.07 Å². The standard InChI is InChI=1S/C34H46N/c1-22(2)33(23(3)4)28-15-16-30-27(19-28)17-18-35(6)34(30)32-21-29(25-11-7-8-12-25)20-31(24(32)5)26-13-9-10-14-26/h15-23,25-26,33H,7-14H2,1-6H3/q+1. The molecular formula is C34H46N+. The van der Waals surface area contributed by atoms with Gasteiger partial charge in [0.05, 0.1) is 10.9 Å². The molecule has 0 amide bonds. The molecule has 5 rings (SSSR count). The fraction of sp³-hybridized carbons (Fsp3) is 0.559. The number of benzene rings is 2. The van der Waals surface area contributed by atoms with E-state index < -0.39 is 0 Å². The molecule has 0 saturated heterocycles. The quantitative estimate of drug-likeness (QED) is 0.317. The van der Waals surface area contributed by atoms with E-state index >= 15 is 0 Å². The maximum atomic E-state index is 2.63. The third-order valence-electron chi connectivity index (χ3n) is 9.33. The number of rotatable bonds is 6. The van der Waals surface area contributed by atoms with E-state index in [2.05, 4.69) is 88.8 Å². The van der Waals surface area contributed by atoms with Gasteiger partial charge in [-0.05, 0) is 102 Å². The highest BCUT2D eigenvalue weighted by Gasteiger charge is 2.28. The highest BCUT2D eigenvalue weighted by Crippen LogP contribution is 2.44. The van der Waals surface area contributed by atoms with E-state index in [1.165, 1.54) is 84.5 Å². The molecule has 2 saturated carbocycles. The summed E-state index contributed by atoms with van der Waals surface area (Å²) in [6, 6.07) is 14.9.